The molecule has 2 saturated heterocycles. The van der Waals surface area contributed by atoms with Crippen molar-refractivity contribution in [1.29, 1.82) is 0 Å². The van der Waals surface area contributed by atoms with Crippen LogP contribution in [0.3, 0.4) is 0 Å². The lowest BCUT2D eigenvalue weighted by atomic mass is 10.2. The topological polar surface area (TPSA) is 54.0 Å². The van der Waals surface area contributed by atoms with E-state index in [1.807, 2.05) is 0 Å². The third kappa shape index (κ3) is 9.35. The fourth-order valence-electron chi connectivity index (χ4n) is 2.51. The first kappa shape index (κ1) is 21.1. The zero-order valence-electron chi connectivity index (χ0n) is 15.4. The average Bonchev–Trinajstić information content (AvgIpc) is 2.60. The summed E-state index contributed by atoms with van der Waals surface area (Å²) in [7, 11) is 0. The molecule has 2 N–H and O–H groups in total. The Hall–Kier alpha value is -0.980. The number of nitrogens with one attached hydrogen (secondary N) is 1. The molecule has 2 aliphatic heterocycles. The van der Waals surface area contributed by atoms with Crippen molar-refractivity contribution in [3.05, 3.63) is 35.9 Å². The molecule has 5 heteroatoms. The van der Waals surface area contributed by atoms with Gasteiger partial charge in [0.1, 0.15) is 0 Å². The van der Waals surface area contributed by atoms with Gasteiger partial charge in [0.05, 0.1) is 26.4 Å². The lowest BCUT2D eigenvalue weighted by molar-refractivity contribution is -0.00436. The van der Waals surface area contributed by atoms with Crippen molar-refractivity contribution in [3.63, 3.8) is 0 Å². The largest absolute Gasteiger partial charge is 0.397 e. The number of aliphatic hydroxyl groups excluding tert-OH is 1. The second-order valence-corrected chi connectivity index (χ2v) is 6.13. The molecule has 0 unspecified atom stereocenters. The van der Waals surface area contributed by atoms with Crippen LogP contribution in [0.5, 0.6) is 0 Å². The molecule has 1 aromatic carbocycles. The van der Waals surface area contributed by atoms with Crippen LogP contribution < -0.4 is 5.32 Å². The smallest absolute Gasteiger partial charge is 0.0619 e. The van der Waals surface area contributed by atoms with Gasteiger partial charge >= 0.3 is 0 Å². The molecule has 24 heavy (non-hydrogen) atoms. The Morgan fingerprint density at radius 3 is 2.29 bits per heavy atom. The molecule has 0 bridgehead atoms. The molecule has 0 saturated carbocycles. The molecule has 0 aromatic heterocycles. The molecule has 3 rings (SSSR count). The van der Waals surface area contributed by atoms with E-state index in [4.69, 9.17) is 14.6 Å². The molecule has 0 spiro atoms. The molecule has 0 radical (unpaired) electrons. The summed E-state index contributed by atoms with van der Waals surface area (Å²) in [5.41, 5.74) is 1.39. The first-order valence-electron chi connectivity index (χ1n) is 8.95. The zero-order chi connectivity index (χ0) is 17.6. The Balaban J connectivity index is 0.000000241. The van der Waals surface area contributed by atoms with Crippen LogP contribution in [-0.4, -0.2) is 68.2 Å². The molecular weight excluding hydrogens is 304 g/mol. The van der Waals surface area contributed by atoms with E-state index in [0.717, 1.165) is 46.1 Å². The maximum absolute atomic E-state index is 7.57. The second kappa shape index (κ2) is 13.3. The Kier molecular flexibility index (Phi) is 11.7. The van der Waals surface area contributed by atoms with E-state index in [-0.39, 0.29) is 6.61 Å². The minimum absolute atomic E-state index is 0.250. The van der Waals surface area contributed by atoms with Crippen LogP contribution >= 0.6 is 0 Å². The highest BCUT2D eigenvalue weighted by atomic mass is 16.5. The van der Waals surface area contributed by atoms with Gasteiger partial charge in [-0.05, 0) is 26.3 Å². The van der Waals surface area contributed by atoms with Gasteiger partial charge in [0.2, 0.25) is 0 Å². The number of nitrogens with zero attached hydrogens (tertiary/aromatic N) is 1. The van der Waals surface area contributed by atoms with Crippen LogP contribution in [0.2, 0.25) is 0 Å². The SMILES string of the molecule is CCO.C[C@H]1COCCN1.C[C@H]1COCCN1Cc1ccccc1. The van der Waals surface area contributed by atoms with E-state index < -0.39 is 0 Å². The van der Waals surface area contributed by atoms with Crippen molar-refractivity contribution < 1.29 is 14.6 Å². The lowest BCUT2D eigenvalue weighted by Gasteiger charge is -2.33. The quantitative estimate of drug-likeness (QED) is 0.863. The third-order valence-corrected chi connectivity index (χ3v) is 3.84. The highest BCUT2D eigenvalue weighted by Crippen LogP contribution is 2.11. The maximum atomic E-state index is 7.57. The molecule has 0 aliphatic carbocycles. The predicted molar refractivity (Wildman–Crippen MR) is 98.2 cm³/mol. The average molecular weight is 338 g/mol. The summed E-state index contributed by atoms with van der Waals surface area (Å²) in [6.45, 7) is 12.9. The Morgan fingerprint density at radius 1 is 1.12 bits per heavy atom. The van der Waals surface area contributed by atoms with Crippen LogP contribution in [0.4, 0.5) is 0 Å². The molecule has 2 atom stereocenters. The zero-order valence-corrected chi connectivity index (χ0v) is 15.4. The number of morpholine rings is 2. The summed E-state index contributed by atoms with van der Waals surface area (Å²) in [6.07, 6.45) is 0. The maximum Gasteiger partial charge on any atom is 0.0619 e. The van der Waals surface area contributed by atoms with Gasteiger partial charge in [-0.3, -0.25) is 4.90 Å². The number of aliphatic hydroxyl groups is 1. The molecule has 0 amide bonds. The molecular formula is C19H34N2O3. The van der Waals surface area contributed by atoms with Gasteiger partial charge in [0, 0.05) is 38.3 Å². The molecule has 2 aliphatic rings. The number of rotatable bonds is 2. The number of ether oxygens (including phenoxy) is 2. The first-order valence-corrected chi connectivity index (χ1v) is 8.95. The molecule has 1 aromatic rings. The molecule has 2 heterocycles. The fraction of sp³-hybridized carbons (Fsp3) is 0.684. The van der Waals surface area contributed by atoms with E-state index in [1.54, 1.807) is 6.92 Å². The highest BCUT2D eigenvalue weighted by molar-refractivity contribution is 5.14. The van der Waals surface area contributed by atoms with E-state index in [0.29, 0.717) is 12.1 Å². The van der Waals surface area contributed by atoms with Crippen LogP contribution in [-0.2, 0) is 16.0 Å². The van der Waals surface area contributed by atoms with Gasteiger partial charge in [-0.2, -0.15) is 0 Å². The number of benzene rings is 1. The molecule has 5 nitrogen and oxygen atoms in total. The second-order valence-electron chi connectivity index (χ2n) is 6.13. The van der Waals surface area contributed by atoms with Gasteiger partial charge in [-0.1, -0.05) is 30.3 Å². The lowest BCUT2D eigenvalue weighted by Crippen LogP contribution is -2.42. The van der Waals surface area contributed by atoms with Crippen LogP contribution in [0, 0.1) is 0 Å². The van der Waals surface area contributed by atoms with Crippen LogP contribution in [0.15, 0.2) is 30.3 Å². The minimum Gasteiger partial charge on any atom is -0.397 e. The Morgan fingerprint density at radius 2 is 1.79 bits per heavy atom. The van der Waals surface area contributed by atoms with E-state index >= 15 is 0 Å². The van der Waals surface area contributed by atoms with Crippen LogP contribution in [0.25, 0.3) is 0 Å². The van der Waals surface area contributed by atoms with Crippen molar-refractivity contribution in [1.82, 2.24) is 10.2 Å². The van der Waals surface area contributed by atoms with Crippen molar-refractivity contribution >= 4 is 0 Å². The van der Waals surface area contributed by atoms with Crippen molar-refractivity contribution in [2.24, 2.45) is 0 Å². The normalized spacial score (nSPS) is 24.2. The summed E-state index contributed by atoms with van der Waals surface area (Å²) in [6, 6.07) is 11.7. The summed E-state index contributed by atoms with van der Waals surface area (Å²) in [5.74, 6) is 0. The van der Waals surface area contributed by atoms with Gasteiger partial charge in [-0.25, -0.2) is 0 Å². The molecule has 2 fully saturated rings. The van der Waals surface area contributed by atoms with E-state index in [2.05, 4.69) is 54.4 Å². The van der Waals surface area contributed by atoms with Gasteiger partial charge < -0.3 is 19.9 Å². The van der Waals surface area contributed by atoms with Crippen LogP contribution in [0.1, 0.15) is 26.3 Å². The van der Waals surface area contributed by atoms with Gasteiger partial charge in [-0.15, -0.1) is 0 Å². The minimum atomic E-state index is 0.250. The van der Waals surface area contributed by atoms with Crippen molar-refractivity contribution in [2.45, 2.75) is 39.4 Å². The van der Waals surface area contributed by atoms with E-state index in [9.17, 15) is 0 Å². The molecule has 138 valence electrons. The summed E-state index contributed by atoms with van der Waals surface area (Å²) in [5, 5.41) is 10.8. The highest BCUT2D eigenvalue weighted by Gasteiger charge is 2.18. The summed E-state index contributed by atoms with van der Waals surface area (Å²) >= 11 is 0. The Bertz CT molecular complexity index is 397. The van der Waals surface area contributed by atoms with Crippen molar-refractivity contribution in [2.75, 3.05) is 46.1 Å². The Labute approximate surface area is 147 Å². The van der Waals surface area contributed by atoms with E-state index in [1.165, 1.54) is 5.56 Å². The monoisotopic (exact) mass is 338 g/mol. The standard InChI is InChI=1S/C12H17NO.C5H11NO.C2H6O/c1-11-10-14-8-7-13(11)9-12-5-3-2-4-6-12;1-5-4-7-3-2-6-5;1-2-3/h2-6,11H,7-10H2,1H3;5-6H,2-4H2,1H3;3H,2H2,1H3/t11-;5-;/m00./s1. The first-order chi connectivity index (χ1) is 11.7. The third-order valence-electron chi connectivity index (χ3n) is 3.84. The van der Waals surface area contributed by atoms with Gasteiger partial charge in [0.25, 0.3) is 0 Å². The number of hydrogen-bond acceptors (Lipinski definition) is 5. The summed E-state index contributed by atoms with van der Waals surface area (Å²) in [4.78, 5) is 2.47. The fourth-order valence-corrected chi connectivity index (χ4v) is 2.51. The number of hydrogen-bond donors (Lipinski definition) is 2. The van der Waals surface area contributed by atoms with Gasteiger partial charge in [0.15, 0.2) is 0 Å². The predicted octanol–water partition coefficient (Wildman–Crippen LogP) is 1.90. The summed E-state index contributed by atoms with van der Waals surface area (Å²) < 4.78 is 10.5. The van der Waals surface area contributed by atoms with Crippen molar-refractivity contribution in [3.8, 4) is 0 Å².